The molecule has 0 spiro atoms. The molecule has 8 amide bonds. The minimum absolute atomic E-state index is 0.0321. The first kappa shape index (κ1) is 35.2. The Labute approximate surface area is 287 Å². The van der Waals surface area contributed by atoms with E-state index in [2.05, 4.69) is 21.3 Å². The Bertz CT molecular complexity index is 1820. The van der Waals surface area contributed by atoms with Crippen LogP contribution in [0.2, 0.25) is 0 Å². The monoisotopic (exact) mass is 709 g/mol. The average molecular weight is 710 g/mol. The molecule has 2 aromatic rings. The van der Waals surface area contributed by atoms with E-state index in [1.807, 2.05) is 0 Å². The molecule has 2 fully saturated rings. The van der Waals surface area contributed by atoms with Crippen LogP contribution in [0.5, 0.6) is 11.5 Å². The molecule has 0 aromatic heterocycles. The summed E-state index contributed by atoms with van der Waals surface area (Å²) in [7, 11) is 0. The van der Waals surface area contributed by atoms with Crippen LogP contribution in [0.15, 0.2) is 59.8 Å². The maximum absolute atomic E-state index is 13.9. The number of likely N-dealkylation sites (N-methyl/N-ethyl adjacent to an activating group) is 1. The number of nitrogens with one attached hydrogen (secondary N) is 4. The van der Waals surface area contributed by atoms with Gasteiger partial charge in [-0.05, 0) is 36.3 Å². The van der Waals surface area contributed by atoms with Gasteiger partial charge in [0.2, 0.25) is 18.0 Å². The van der Waals surface area contributed by atoms with E-state index >= 15 is 0 Å². The van der Waals surface area contributed by atoms with Gasteiger partial charge in [-0.25, -0.2) is 9.59 Å². The van der Waals surface area contributed by atoms with Gasteiger partial charge in [-0.3, -0.25) is 38.6 Å². The van der Waals surface area contributed by atoms with Crippen LogP contribution in [0.25, 0.3) is 0 Å². The number of carboxylic acids is 1. The number of urea groups is 1. The van der Waals surface area contributed by atoms with Gasteiger partial charge in [0, 0.05) is 37.5 Å². The third-order valence-electron chi connectivity index (χ3n) is 8.26. The summed E-state index contributed by atoms with van der Waals surface area (Å²) >= 11 is 0.975. The van der Waals surface area contributed by atoms with Crippen molar-refractivity contribution in [1.82, 2.24) is 36.0 Å². The van der Waals surface area contributed by atoms with Crippen molar-refractivity contribution in [2.75, 3.05) is 31.9 Å². The number of hydrogen-bond donors (Lipinski definition) is 7. The Morgan fingerprint density at radius 1 is 1.02 bits per heavy atom. The van der Waals surface area contributed by atoms with Crippen molar-refractivity contribution in [3.8, 4) is 11.5 Å². The molecule has 5 rings (SSSR count). The number of hydrogen-bond acceptors (Lipinski definition) is 11. The van der Waals surface area contributed by atoms with Crippen LogP contribution in [-0.4, -0.2) is 121 Å². The van der Waals surface area contributed by atoms with E-state index in [9.17, 15) is 53.7 Å². The van der Waals surface area contributed by atoms with Crippen LogP contribution in [0.3, 0.4) is 0 Å². The lowest BCUT2D eigenvalue weighted by molar-refractivity contribution is -0.163. The number of aromatic hydroxyl groups is 2. The lowest BCUT2D eigenvalue weighted by Crippen LogP contribution is -2.85. The number of carbonyl (C=O) groups is 8. The molecule has 19 heteroatoms. The van der Waals surface area contributed by atoms with Gasteiger partial charge in [0.25, 0.3) is 11.8 Å². The largest absolute Gasteiger partial charge is 0.504 e. The molecule has 3 aliphatic rings. The van der Waals surface area contributed by atoms with Gasteiger partial charge in [-0.15, -0.1) is 11.8 Å². The molecule has 3 heterocycles. The van der Waals surface area contributed by atoms with E-state index in [-0.39, 0.29) is 55.0 Å². The minimum atomic E-state index is -2.17. The quantitative estimate of drug-likeness (QED) is 0.0477. The smallest absolute Gasteiger partial charge is 0.352 e. The highest BCUT2D eigenvalue weighted by molar-refractivity contribution is 8.00. The summed E-state index contributed by atoms with van der Waals surface area (Å²) in [5.41, 5.74) is -2.36. The second-order valence-electron chi connectivity index (χ2n) is 11.2. The summed E-state index contributed by atoms with van der Waals surface area (Å²) in [6.45, 7) is 1.54. The highest BCUT2D eigenvalue weighted by atomic mass is 32.2. The van der Waals surface area contributed by atoms with Gasteiger partial charge >= 0.3 is 23.8 Å². The molecule has 0 saturated carbocycles. The number of carbonyl (C=O) groups excluding carboxylic acids is 7. The van der Waals surface area contributed by atoms with Crippen LogP contribution in [0, 0.1) is 0 Å². The summed E-state index contributed by atoms with van der Waals surface area (Å²) in [6.07, 6.45) is 0.149. The highest BCUT2D eigenvalue weighted by Crippen LogP contribution is 2.45. The molecule has 7 N–H and O–H groups in total. The zero-order valence-electron chi connectivity index (χ0n) is 26.2. The SMILES string of the molecule is CCN1CCN(C(=O)N[C@@H](C(=O)N[C@]2(NC=O)C(=O)N3C(C(=O)O)=C(CNC(=O)c4ccc(O)c(O)c4)CS[C@@H]32)c2ccccc2)C(=O)C1=O. The van der Waals surface area contributed by atoms with Crippen LogP contribution in [0.1, 0.15) is 28.9 Å². The van der Waals surface area contributed by atoms with Crippen molar-refractivity contribution in [2.45, 2.75) is 24.0 Å². The minimum Gasteiger partial charge on any atom is -0.504 e. The molecule has 2 saturated heterocycles. The van der Waals surface area contributed by atoms with Crippen LogP contribution >= 0.6 is 11.8 Å². The van der Waals surface area contributed by atoms with Crippen molar-refractivity contribution in [1.29, 1.82) is 0 Å². The normalized spacial score (nSPS) is 20.7. The van der Waals surface area contributed by atoms with Crippen molar-refractivity contribution < 1.29 is 53.7 Å². The fourth-order valence-electron chi connectivity index (χ4n) is 5.67. The van der Waals surface area contributed by atoms with Crippen molar-refractivity contribution in [3.05, 3.63) is 70.9 Å². The maximum Gasteiger partial charge on any atom is 0.352 e. The van der Waals surface area contributed by atoms with E-state index in [4.69, 9.17) is 0 Å². The number of aliphatic carboxylic acids is 1. The number of imide groups is 1. The number of rotatable bonds is 11. The van der Waals surface area contributed by atoms with Crippen molar-refractivity contribution in [2.24, 2.45) is 0 Å². The first-order valence-corrected chi connectivity index (χ1v) is 16.1. The number of phenolic OH excluding ortho intramolecular Hbond substituents is 2. The van der Waals surface area contributed by atoms with E-state index in [0.29, 0.717) is 4.90 Å². The molecule has 3 atom stereocenters. The molecule has 3 aliphatic heterocycles. The van der Waals surface area contributed by atoms with E-state index in [1.165, 1.54) is 23.1 Å². The number of amides is 8. The average Bonchev–Trinajstić information content (AvgIpc) is 3.11. The molecule has 2 aromatic carbocycles. The number of thioether (sulfide) groups is 1. The molecule has 262 valence electrons. The fraction of sp³-hybridized carbons (Fsp3) is 0.290. The number of β-lactam (4-membered cyclic amide) rings is 1. The summed E-state index contributed by atoms with van der Waals surface area (Å²) in [6, 6.07) is 8.50. The zero-order valence-corrected chi connectivity index (χ0v) is 27.1. The predicted molar refractivity (Wildman–Crippen MR) is 172 cm³/mol. The summed E-state index contributed by atoms with van der Waals surface area (Å²) < 4.78 is 0. The molecular weight excluding hydrogens is 678 g/mol. The van der Waals surface area contributed by atoms with Crippen LogP contribution in [0.4, 0.5) is 4.79 Å². The van der Waals surface area contributed by atoms with Gasteiger partial charge in [-0.2, -0.15) is 0 Å². The van der Waals surface area contributed by atoms with Gasteiger partial charge in [-0.1, -0.05) is 30.3 Å². The number of nitrogens with zero attached hydrogens (tertiary/aromatic N) is 3. The zero-order chi connectivity index (χ0) is 36.3. The molecular formula is C31H31N7O11S. The predicted octanol–water partition coefficient (Wildman–Crippen LogP) is -1.22. The maximum atomic E-state index is 13.9. The lowest BCUT2D eigenvalue weighted by atomic mass is 9.94. The lowest BCUT2D eigenvalue weighted by Gasteiger charge is -2.56. The Balaban J connectivity index is 1.37. The van der Waals surface area contributed by atoms with Gasteiger partial charge in [0.05, 0.1) is 0 Å². The Morgan fingerprint density at radius 3 is 2.38 bits per heavy atom. The van der Waals surface area contributed by atoms with Gasteiger partial charge in [0.1, 0.15) is 17.1 Å². The molecule has 0 bridgehead atoms. The van der Waals surface area contributed by atoms with Gasteiger partial charge < -0.3 is 41.5 Å². The van der Waals surface area contributed by atoms with Crippen molar-refractivity contribution in [3.63, 3.8) is 0 Å². The second kappa shape index (κ2) is 14.2. The topological polar surface area (TPSA) is 255 Å². The Morgan fingerprint density at radius 2 is 1.74 bits per heavy atom. The number of piperazine rings is 1. The number of fused-ring (bicyclic) bond motifs is 1. The van der Waals surface area contributed by atoms with E-state index in [0.717, 1.165) is 28.8 Å². The molecule has 18 nitrogen and oxygen atoms in total. The number of carboxylic acid groups (broad SMARTS) is 1. The molecule has 0 radical (unpaired) electrons. The Hall–Kier alpha value is -6.11. The van der Waals surface area contributed by atoms with E-state index < -0.39 is 75.8 Å². The third kappa shape index (κ3) is 6.37. The summed E-state index contributed by atoms with van der Waals surface area (Å²) in [5.74, 6) is -7.33. The standard InChI is InChI=1S/C31H31N7O11S/c1-2-36-10-11-37(26(45)25(36)44)30(49)34-21(16-6-4-3-5-7-16)24(43)35-31(33-15-39)28(48)38-22(27(46)47)18(14-50-29(31)38)13-32-23(42)17-8-9-19(40)20(41)12-17/h3-9,12,15,21,29,40-41H,2,10-11,13-14H2,1H3,(H,32,42)(H,33,39)(H,34,49)(H,35,43)(H,46,47)/t21-,29-,31-/m1/s1. The number of benzene rings is 2. The number of phenols is 2. The molecule has 50 heavy (non-hydrogen) atoms. The van der Waals surface area contributed by atoms with Crippen LogP contribution in [-0.2, 0) is 28.8 Å². The summed E-state index contributed by atoms with van der Waals surface area (Å²) in [4.78, 5) is 106. The molecule has 0 aliphatic carbocycles. The van der Waals surface area contributed by atoms with Gasteiger partial charge in [0.15, 0.2) is 11.5 Å². The first-order chi connectivity index (χ1) is 23.8. The van der Waals surface area contributed by atoms with Crippen molar-refractivity contribution >= 4 is 59.7 Å². The summed E-state index contributed by atoms with van der Waals surface area (Å²) in [5, 5.41) is 37.8. The van der Waals surface area contributed by atoms with Crippen LogP contribution < -0.4 is 21.3 Å². The highest BCUT2D eigenvalue weighted by Gasteiger charge is 2.66. The molecule has 0 unspecified atom stereocenters. The van der Waals surface area contributed by atoms with E-state index in [1.54, 1.807) is 25.1 Å². The first-order valence-electron chi connectivity index (χ1n) is 15.0. The Kier molecular flexibility index (Phi) is 9.97. The fourth-order valence-corrected chi connectivity index (χ4v) is 7.10. The third-order valence-corrected chi connectivity index (χ3v) is 9.66. The second-order valence-corrected chi connectivity index (χ2v) is 12.2.